The van der Waals surface area contributed by atoms with Crippen molar-refractivity contribution in [2.45, 2.75) is 25.0 Å². The topological polar surface area (TPSA) is 72.6 Å². The van der Waals surface area contributed by atoms with Crippen molar-refractivity contribution in [1.29, 1.82) is 0 Å². The Morgan fingerprint density at radius 1 is 1.16 bits per heavy atom. The van der Waals surface area contributed by atoms with E-state index >= 15 is 0 Å². The first-order valence-electron chi connectivity index (χ1n) is 15.2. The van der Waals surface area contributed by atoms with Gasteiger partial charge in [-0.3, -0.25) is 9.69 Å². The molecular weight excluding hydrogens is 576 g/mol. The standard InChI is InChI=1S/C33H39ClN8O2/c1-5-30(43)42-15-14-41(21-24(42)18-35-2)32-26-12-13-40(29-11-7-9-23-8-6-10-27(34)31(23)29)22-28(26)36-33(37-32)44-17-16-39(4)25-19-38(3)20-25/h5-11,24-25H,1,12-22H2,3-4H3/t24-/m0/s1. The first kappa shape index (κ1) is 30.1. The largest absolute Gasteiger partial charge is 0.462 e. The van der Waals surface area contributed by atoms with Gasteiger partial charge in [0.15, 0.2) is 0 Å². The Bertz CT molecular complexity index is 1580. The number of anilines is 2. The minimum absolute atomic E-state index is 0.141. The second-order valence-electron chi connectivity index (χ2n) is 11.9. The minimum atomic E-state index is -0.242. The highest BCUT2D eigenvalue weighted by molar-refractivity contribution is 6.36. The highest BCUT2D eigenvalue weighted by Crippen LogP contribution is 2.37. The lowest BCUT2D eigenvalue weighted by atomic mass is 10.0. The van der Waals surface area contributed by atoms with Crippen LogP contribution in [0.15, 0.2) is 49.1 Å². The molecule has 2 saturated heterocycles. The van der Waals surface area contributed by atoms with Crippen LogP contribution in [0.1, 0.15) is 11.3 Å². The van der Waals surface area contributed by atoms with Crippen LogP contribution in [0.5, 0.6) is 6.01 Å². The molecule has 1 atom stereocenters. The van der Waals surface area contributed by atoms with E-state index in [4.69, 9.17) is 32.9 Å². The molecule has 11 heteroatoms. The second-order valence-corrected chi connectivity index (χ2v) is 12.3. The highest BCUT2D eigenvalue weighted by atomic mass is 35.5. The highest BCUT2D eigenvalue weighted by Gasteiger charge is 2.35. The molecule has 0 saturated carbocycles. The van der Waals surface area contributed by atoms with Crippen LogP contribution < -0.4 is 14.5 Å². The lowest BCUT2D eigenvalue weighted by molar-refractivity contribution is -0.128. The number of aromatic nitrogens is 2. The molecule has 1 amide bonds. The number of hydrogen-bond acceptors (Lipinski definition) is 8. The summed E-state index contributed by atoms with van der Waals surface area (Å²) < 4.78 is 6.23. The van der Waals surface area contributed by atoms with E-state index in [1.165, 1.54) is 6.08 Å². The quantitative estimate of drug-likeness (QED) is 0.268. The number of carbonyl (C=O) groups excluding carboxylic acids is 1. The first-order chi connectivity index (χ1) is 21.4. The molecule has 44 heavy (non-hydrogen) atoms. The summed E-state index contributed by atoms with van der Waals surface area (Å²) in [7, 11) is 4.27. The van der Waals surface area contributed by atoms with Gasteiger partial charge in [0.2, 0.25) is 12.5 Å². The molecule has 3 aliphatic heterocycles. The number of fused-ring (bicyclic) bond motifs is 2. The van der Waals surface area contributed by atoms with Gasteiger partial charge in [-0.25, -0.2) is 6.57 Å². The lowest BCUT2D eigenvalue weighted by Gasteiger charge is -2.42. The van der Waals surface area contributed by atoms with E-state index in [1.807, 2.05) is 12.1 Å². The summed E-state index contributed by atoms with van der Waals surface area (Å²) in [6.07, 6.45) is 2.08. The van der Waals surface area contributed by atoms with Crippen LogP contribution in [0.3, 0.4) is 0 Å². The third kappa shape index (κ3) is 6.05. The zero-order valence-corrected chi connectivity index (χ0v) is 26.2. The summed E-state index contributed by atoms with van der Waals surface area (Å²) in [6.45, 7) is 17.8. The lowest BCUT2D eigenvalue weighted by Crippen LogP contribution is -2.57. The van der Waals surface area contributed by atoms with Crippen LogP contribution in [0.4, 0.5) is 11.5 Å². The van der Waals surface area contributed by atoms with Crippen molar-refractivity contribution in [2.75, 3.05) is 82.9 Å². The normalized spacial score (nSPS) is 19.1. The van der Waals surface area contributed by atoms with Crippen LogP contribution in [-0.2, 0) is 17.8 Å². The third-order valence-corrected chi connectivity index (χ3v) is 9.40. The molecule has 2 fully saturated rings. The summed E-state index contributed by atoms with van der Waals surface area (Å²) in [5.74, 6) is 0.702. The van der Waals surface area contributed by atoms with Gasteiger partial charge >= 0.3 is 6.01 Å². The molecule has 0 bridgehead atoms. The van der Waals surface area contributed by atoms with Gasteiger partial charge in [0.1, 0.15) is 18.5 Å². The molecule has 6 rings (SSSR count). The Kier molecular flexibility index (Phi) is 8.89. The van der Waals surface area contributed by atoms with Gasteiger partial charge < -0.3 is 29.2 Å². The van der Waals surface area contributed by atoms with Crippen LogP contribution in [0.25, 0.3) is 15.6 Å². The van der Waals surface area contributed by atoms with Gasteiger partial charge in [-0.2, -0.15) is 9.97 Å². The van der Waals surface area contributed by atoms with Gasteiger partial charge in [-0.15, -0.1) is 0 Å². The number of rotatable bonds is 9. The molecule has 2 aromatic carbocycles. The number of piperazine rings is 1. The molecular formula is C33H39ClN8O2. The summed E-state index contributed by atoms with van der Waals surface area (Å²) >= 11 is 6.70. The molecule has 3 aromatic rings. The molecule has 0 unspecified atom stereocenters. The van der Waals surface area contributed by atoms with Crippen molar-refractivity contribution in [2.24, 2.45) is 0 Å². The SMILES string of the molecule is [C-]#[N+]C[C@H]1CN(c2nc(OCCN(C)C3CN(C)C3)nc3c2CCN(c2cccc4cccc(Cl)c24)C3)CCN1C(=O)C=C. The van der Waals surface area contributed by atoms with Crippen LogP contribution in [0.2, 0.25) is 5.02 Å². The van der Waals surface area contributed by atoms with E-state index in [1.54, 1.807) is 4.90 Å². The average Bonchev–Trinajstić information content (AvgIpc) is 3.02. The van der Waals surface area contributed by atoms with Crippen molar-refractivity contribution in [3.8, 4) is 6.01 Å². The van der Waals surface area contributed by atoms with Crippen LogP contribution >= 0.6 is 11.6 Å². The Hall–Kier alpha value is -3.91. The number of benzene rings is 2. The number of nitrogens with zero attached hydrogens (tertiary/aromatic N) is 8. The number of carbonyl (C=O) groups is 1. The predicted octanol–water partition coefficient (Wildman–Crippen LogP) is 3.59. The monoisotopic (exact) mass is 614 g/mol. The number of amides is 1. The van der Waals surface area contributed by atoms with E-state index in [0.717, 1.165) is 71.2 Å². The van der Waals surface area contributed by atoms with E-state index in [2.05, 4.69) is 69.4 Å². The van der Waals surface area contributed by atoms with E-state index in [-0.39, 0.29) is 18.5 Å². The number of likely N-dealkylation sites (N-methyl/N-ethyl adjacent to an activating group) is 2. The maximum Gasteiger partial charge on any atom is 0.318 e. The molecule has 10 nitrogen and oxygen atoms in total. The summed E-state index contributed by atoms with van der Waals surface area (Å²) in [6, 6.07) is 12.9. The van der Waals surface area contributed by atoms with E-state index in [0.29, 0.717) is 44.8 Å². The number of likely N-dealkylation sites (tertiary alicyclic amines) is 1. The number of halogens is 1. The number of ether oxygens (including phenoxy) is 1. The fourth-order valence-electron chi connectivity index (χ4n) is 6.59. The Morgan fingerprint density at radius 3 is 2.70 bits per heavy atom. The molecule has 0 radical (unpaired) electrons. The maximum atomic E-state index is 12.6. The van der Waals surface area contributed by atoms with Gasteiger partial charge in [-0.1, -0.05) is 42.4 Å². The van der Waals surface area contributed by atoms with Crippen molar-refractivity contribution in [3.05, 3.63) is 76.8 Å². The van der Waals surface area contributed by atoms with E-state index in [9.17, 15) is 4.79 Å². The van der Waals surface area contributed by atoms with Gasteiger partial charge in [0.25, 0.3) is 0 Å². The second kappa shape index (κ2) is 13.0. The zero-order chi connectivity index (χ0) is 30.8. The summed E-state index contributed by atoms with van der Waals surface area (Å²) in [5.41, 5.74) is 3.11. The Morgan fingerprint density at radius 2 is 1.95 bits per heavy atom. The van der Waals surface area contributed by atoms with Crippen molar-refractivity contribution in [1.82, 2.24) is 24.7 Å². The van der Waals surface area contributed by atoms with Gasteiger partial charge in [-0.05, 0) is 44.1 Å². The van der Waals surface area contributed by atoms with Crippen molar-refractivity contribution < 1.29 is 9.53 Å². The zero-order valence-electron chi connectivity index (χ0n) is 25.5. The van der Waals surface area contributed by atoms with Gasteiger partial charge in [0.05, 0.1) is 17.3 Å². The maximum absolute atomic E-state index is 12.6. The van der Waals surface area contributed by atoms with Crippen molar-refractivity contribution in [3.63, 3.8) is 0 Å². The third-order valence-electron chi connectivity index (χ3n) is 9.08. The fraction of sp³-hybridized carbons (Fsp3) is 0.455. The smallest absolute Gasteiger partial charge is 0.318 e. The molecule has 0 N–H and O–H groups in total. The van der Waals surface area contributed by atoms with Gasteiger partial charge in [0, 0.05) is 68.5 Å². The predicted molar refractivity (Wildman–Crippen MR) is 175 cm³/mol. The number of hydrogen-bond donors (Lipinski definition) is 0. The van der Waals surface area contributed by atoms with E-state index < -0.39 is 0 Å². The fourth-order valence-corrected chi connectivity index (χ4v) is 6.86. The molecule has 1 aromatic heterocycles. The summed E-state index contributed by atoms with van der Waals surface area (Å²) in [4.78, 5) is 37.0. The average molecular weight is 615 g/mol. The molecule has 4 heterocycles. The first-order valence-corrected chi connectivity index (χ1v) is 15.6. The summed E-state index contributed by atoms with van der Waals surface area (Å²) in [5, 5.41) is 2.88. The molecule has 3 aliphatic rings. The molecule has 0 aliphatic carbocycles. The van der Waals surface area contributed by atoms with Crippen LogP contribution in [-0.4, -0.2) is 116 Å². The molecule has 230 valence electrons. The minimum Gasteiger partial charge on any atom is -0.462 e. The Balaban J connectivity index is 1.29. The van der Waals surface area contributed by atoms with Crippen LogP contribution in [0, 0.1) is 6.57 Å². The molecule has 0 spiro atoms. The van der Waals surface area contributed by atoms with Crippen molar-refractivity contribution >= 4 is 39.8 Å². The Labute approximate surface area is 264 Å².